The second-order valence-corrected chi connectivity index (χ2v) is 4.84. The molecule has 2 rings (SSSR count). The number of anilines is 2. The van der Waals surface area contributed by atoms with Gasteiger partial charge >= 0.3 is 0 Å². The average Bonchev–Trinajstić information content (AvgIpc) is 2.30. The Morgan fingerprint density at radius 2 is 1.78 bits per heavy atom. The summed E-state index contributed by atoms with van der Waals surface area (Å²) in [5, 5.41) is 3.82. The Balaban J connectivity index is 2.43. The lowest BCUT2D eigenvalue weighted by atomic mass is 10.1. The van der Waals surface area contributed by atoms with Crippen molar-refractivity contribution >= 4 is 23.1 Å². The van der Waals surface area contributed by atoms with Crippen LogP contribution in [0.2, 0.25) is 5.15 Å². The van der Waals surface area contributed by atoms with Gasteiger partial charge in [0.2, 0.25) is 0 Å². The van der Waals surface area contributed by atoms with E-state index in [1.165, 1.54) is 11.1 Å². The predicted molar refractivity (Wildman–Crippen MR) is 75.7 cm³/mol. The molecule has 1 aromatic carbocycles. The van der Waals surface area contributed by atoms with Crippen LogP contribution < -0.4 is 5.32 Å². The molecular formula is C14H16ClN3. The zero-order valence-electron chi connectivity index (χ0n) is 11.0. The number of nitrogens with one attached hydrogen (secondary N) is 1. The van der Waals surface area contributed by atoms with Gasteiger partial charge in [-0.2, -0.15) is 0 Å². The maximum Gasteiger partial charge on any atom is 0.138 e. The summed E-state index contributed by atoms with van der Waals surface area (Å²) < 4.78 is 0. The minimum atomic E-state index is 0.496. The van der Waals surface area contributed by atoms with E-state index in [1.54, 1.807) is 0 Å². The minimum Gasteiger partial charge on any atom is -0.340 e. The van der Waals surface area contributed by atoms with Crippen LogP contribution in [0.4, 0.5) is 11.5 Å². The Bertz CT molecular complexity index is 594. The van der Waals surface area contributed by atoms with Crippen molar-refractivity contribution in [2.45, 2.75) is 27.7 Å². The van der Waals surface area contributed by atoms with Gasteiger partial charge in [-0.25, -0.2) is 9.97 Å². The number of hydrogen-bond donors (Lipinski definition) is 1. The summed E-state index contributed by atoms with van der Waals surface area (Å²) in [7, 11) is 0. The molecule has 18 heavy (non-hydrogen) atoms. The quantitative estimate of drug-likeness (QED) is 0.827. The van der Waals surface area contributed by atoms with Crippen LogP contribution in [-0.2, 0) is 0 Å². The van der Waals surface area contributed by atoms with Crippen molar-refractivity contribution < 1.29 is 0 Å². The van der Waals surface area contributed by atoms with Crippen LogP contribution in [-0.4, -0.2) is 9.97 Å². The van der Waals surface area contributed by atoms with Crippen molar-refractivity contribution in [3.05, 3.63) is 45.9 Å². The number of halogens is 1. The van der Waals surface area contributed by atoms with E-state index in [0.717, 1.165) is 17.1 Å². The third-order valence-electron chi connectivity index (χ3n) is 2.84. The summed E-state index contributed by atoms with van der Waals surface area (Å²) in [5.41, 5.74) is 4.29. The standard InChI is InChI=1S/C14H16ClN3/c1-8-5-6-9(2)12(7-8)18-14-10(3)13(15)16-11(4)17-14/h5-7H,1-4H3,(H,16,17,18). The van der Waals surface area contributed by atoms with E-state index in [0.29, 0.717) is 11.0 Å². The third kappa shape index (κ3) is 2.62. The molecule has 0 amide bonds. The van der Waals surface area contributed by atoms with Gasteiger partial charge in [0.25, 0.3) is 0 Å². The van der Waals surface area contributed by atoms with Crippen molar-refractivity contribution in [3.8, 4) is 0 Å². The van der Waals surface area contributed by atoms with Gasteiger partial charge in [-0.1, -0.05) is 23.7 Å². The van der Waals surface area contributed by atoms with E-state index < -0.39 is 0 Å². The fraction of sp³-hybridized carbons (Fsp3) is 0.286. The highest BCUT2D eigenvalue weighted by Crippen LogP contribution is 2.25. The second-order valence-electron chi connectivity index (χ2n) is 4.48. The number of aryl methyl sites for hydroxylation is 3. The molecule has 2 aromatic rings. The molecule has 0 aliphatic heterocycles. The summed E-state index contributed by atoms with van der Waals surface area (Å²) >= 11 is 6.07. The molecule has 1 aromatic heterocycles. The van der Waals surface area contributed by atoms with Crippen molar-refractivity contribution in [3.63, 3.8) is 0 Å². The third-order valence-corrected chi connectivity index (χ3v) is 3.21. The topological polar surface area (TPSA) is 37.8 Å². The molecule has 94 valence electrons. The fourth-order valence-electron chi connectivity index (χ4n) is 1.71. The molecule has 0 unspecified atom stereocenters. The van der Waals surface area contributed by atoms with Gasteiger partial charge in [-0.3, -0.25) is 0 Å². The summed E-state index contributed by atoms with van der Waals surface area (Å²) in [6.07, 6.45) is 0. The second kappa shape index (κ2) is 4.94. The number of nitrogens with zero attached hydrogens (tertiary/aromatic N) is 2. The van der Waals surface area contributed by atoms with Crippen LogP contribution >= 0.6 is 11.6 Å². The van der Waals surface area contributed by atoms with Gasteiger partial charge in [0.15, 0.2) is 0 Å². The zero-order valence-corrected chi connectivity index (χ0v) is 11.8. The summed E-state index contributed by atoms with van der Waals surface area (Å²) in [6, 6.07) is 6.27. The Morgan fingerprint density at radius 3 is 2.50 bits per heavy atom. The molecule has 0 atom stereocenters. The molecule has 0 radical (unpaired) electrons. The molecule has 0 saturated carbocycles. The first kappa shape index (κ1) is 12.8. The van der Waals surface area contributed by atoms with Crippen LogP contribution in [0.1, 0.15) is 22.5 Å². The van der Waals surface area contributed by atoms with Crippen LogP contribution in [0, 0.1) is 27.7 Å². The number of hydrogen-bond acceptors (Lipinski definition) is 3. The minimum absolute atomic E-state index is 0.496. The van der Waals surface area contributed by atoms with E-state index in [9.17, 15) is 0 Å². The van der Waals surface area contributed by atoms with Crippen molar-refractivity contribution in [2.75, 3.05) is 5.32 Å². The zero-order chi connectivity index (χ0) is 13.3. The lowest BCUT2D eigenvalue weighted by molar-refractivity contribution is 1.03. The molecule has 1 N–H and O–H groups in total. The molecule has 0 saturated heterocycles. The monoisotopic (exact) mass is 261 g/mol. The van der Waals surface area contributed by atoms with Gasteiger partial charge in [0.1, 0.15) is 16.8 Å². The summed E-state index contributed by atoms with van der Waals surface area (Å²) in [4.78, 5) is 8.52. The van der Waals surface area contributed by atoms with Gasteiger partial charge in [-0.05, 0) is 44.9 Å². The smallest absolute Gasteiger partial charge is 0.138 e. The number of rotatable bonds is 2. The molecule has 1 heterocycles. The highest BCUT2D eigenvalue weighted by molar-refractivity contribution is 6.30. The molecule has 4 heteroatoms. The lowest BCUT2D eigenvalue weighted by Crippen LogP contribution is -2.02. The highest BCUT2D eigenvalue weighted by Gasteiger charge is 2.08. The Kier molecular flexibility index (Phi) is 3.53. The first-order valence-electron chi connectivity index (χ1n) is 5.82. The maximum absolute atomic E-state index is 6.07. The molecule has 0 fully saturated rings. The molecule has 0 bridgehead atoms. The Hall–Kier alpha value is -1.61. The molecule has 3 nitrogen and oxygen atoms in total. The van der Waals surface area contributed by atoms with Crippen molar-refractivity contribution in [1.29, 1.82) is 0 Å². The maximum atomic E-state index is 6.07. The summed E-state index contributed by atoms with van der Waals surface area (Å²) in [6.45, 7) is 7.87. The van der Waals surface area contributed by atoms with E-state index >= 15 is 0 Å². The van der Waals surface area contributed by atoms with E-state index in [4.69, 9.17) is 11.6 Å². The molecular weight excluding hydrogens is 246 g/mol. The Morgan fingerprint density at radius 1 is 1.06 bits per heavy atom. The highest BCUT2D eigenvalue weighted by atomic mass is 35.5. The molecule has 0 spiro atoms. The van der Waals surface area contributed by atoms with Crippen LogP contribution in [0.15, 0.2) is 18.2 Å². The first-order valence-corrected chi connectivity index (χ1v) is 6.20. The van der Waals surface area contributed by atoms with Crippen LogP contribution in [0.3, 0.4) is 0 Å². The fourth-order valence-corrected chi connectivity index (χ4v) is 1.93. The van der Waals surface area contributed by atoms with E-state index in [2.05, 4.69) is 47.3 Å². The molecule has 0 aliphatic carbocycles. The van der Waals surface area contributed by atoms with Crippen LogP contribution in [0.25, 0.3) is 0 Å². The summed E-state index contributed by atoms with van der Waals surface area (Å²) in [5.74, 6) is 1.43. The first-order chi connectivity index (χ1) is 8.47. The number of benzene rings is 1. The SMILES string of the molecule is Cc1ccc(C)c(Nc2nc(C)nc(Cl)c2C)c1. The van der Waals surface area contributed by atoms with E-state index in [1.807, 2.05) is 13.8 Å². The Labute approximate surface area is 112 Å². The molecule has 0 aliphatic rings. The number of aromatic nitrogens is 2. The lowest BCUT2D eigenvalue weighted by Gasteiger charge is -2.13. The van der Waals surface area contributed by atoms with Crippen LogP contribution in [0.5, 0.6) is 0 Å². The predicted octanol–water partition coefficient (Wildman–Crippen LogP) is 4.11. The van der Waals surface area contributed by atoms with Crippen molar-refractivity contribution in [1.82, 2.24) is 9.97 Å². The van der Waals surface area contributed by atoms with Crippen molar-refractivity contribution in [2.24, 2.45) is 0 Å². The van der Waals surface area contributed by atoms with Gasteiger partial charge in [-0.15, -0.1) is 0 Å². The van der Waals surface area contributed by atoms with Gasteiger partial charge < -0.3 is 5.32 Å². The largest absolute Gasteiger partial charge is 0.340 e. The van der Waals surface area contributed by atoms with Gasteiger partial charge in [0, 0.05) is 11.3 Å². The van der Waals surface area contributed by atoms with E-state index in [-0.39, 0.29) is 0 Å². The average molecular weight is 262 g/mol. The normalized spacial score (nSPS) is 10.5. The van der Waals surface area contributed by atoms with Gasteiger partial charge in [0.05, 0.1) is 0 Å².